The lowest BCUT2D eigenvalue weighted by molar-refractivity contribution is 0.346. The Balaban J connectivity index is 2.83. The highest BCUT2D eigenvalue weighted by molar-refractivity contribution is 7.89. The van der Waals surface area contributed by atoms with Crippen LogP contribution in [0.5, 0.6) is 0 Å². The molecule has 0 fully saturated rings. The van der Waals surface area contributed by atoms with E-state index in [0.717, 1.165) is 5.56 Å². The van der Waals surface area contributed by atoms with Crippen molar-refractivity contribution in [3.05, 3.63) is 18.0 Å². The molecule has 0 saturated carbocycles. The quantitative estimate of drug-likeness (QED) is 0.755. The second-order valence-corrected chi connectivity index (χ2v) is 6.56. The van der Waals surface area contributed by atoms with Crippen LogP contribution in [0.2, 0.25) is 0 Å². The molecule has 0 bridgehead atoms. The van der Waals surface area contributed by atoms with E-state index in [1.54, 1.807) is 24.1 Å². The molecule has 0 unspecified atom stereocenters. The largest absolute Gasteiger partial charge is 0.275 e. The van der Waals surface area contributed by atoms with Crippen LogP contribution in [-0.2, 0) is 23.6 Å². The van der Waals surface area contributed by atoms with Crippen molar-refractivity contribution in [3.63, 3.8) is 0 Å². The maximum atomic E-state index is 12.1. The topological polar surface area (TPSA) is 55.2 Å². The third-order valence-electron chi connectivity index (χ3n) is 2.57. The summed E-state index contributed by atoms with van der Waals surface area (Å²) >= 11 is 0. The number of sulfonamides is 1. The van der Waals surface area contributed by atoms with Crippen LogP contribution < -0.4 is 0 Å². The van der Waals surface area contributed by atoms with E-state index in [9.17, 15) is 12.8 Å². The highest BCUT2D eigenvalue weighted by atomic mass is 32.2. The molecule has 7 heteroatoms. The van der Waals surface area contributed by atoms with E-state index in [1.165, 1.54) is 4.31 Å². The normalized spacial score (nSPS) is 12.6. The van der Waals surface area contributed by atoms with Crippen molar-refractivity contribution in [1.29, 1.82) is 0 Å². The molecule has 0 N–H and O–H groups in total. The Morgan fingerprint density at radius 1 is 1.50 bits per heavy atom. The van der Waals surface area contributed by atoms with Gasteiger partial charge in [-0.25, -0.2) is 8.42 Å². The minimum atomic E-state index is -3.42. The zero-order valence-electron chi connectivity index (χ0n) is 11.0. The Morgan fingerprint density at radius 2 is 2.17 bits per heavy atom. The van der Waals surface area contributed by atoms with E-state index in [0.29, 0.717) is 0 Å². The zero-order valence-corrected chi connectivity index (χ0v) is 11.8. The van der Waals surface area contributed by atoms with Gasteiger partial charge in [-0.3, -0.25) is 9.07 Å². The second kappa shape index (κ2) is 6.29. The Kier molecular flexibility index (Phi) is 5.28. The van der Waals surface area contributed by atoms with Crippen LogP contribution in [0.15, 0.2) is 12.4 Å². The summed E-state index contributed by atoms with van der Waals surface area (Å²) in [5.41, 5.74) is 0.829. The van der Waals surface area contributed by atoms with Gasteiger partial charge in [0.2, 0.25) is 10.0 Å². The molecular weight excluding hydrogens is 257 g/mol. The van der Waals surface area contributed by atoms with Crippen molar-refractivity contribution in [1.82, 2.24) is 14.1 Å². The molecule has 0 radical (unpaired) electrons. The first-order chi connectivity index (χ1) is 8.36. The number of aromatic nitrogens is 2. The average Bonchev–Trinajstić information content (AvgIpc) is 2.68. The molecule has 0 aliphatic rings. The molecule has 0 aliphatic carbocycles. The molecule has 1 aromatic rings. The summed E-state index contributed by atoms with van der Waals surface area (Å²) in [7, 11) is -1.64. The Bertz CT molecular complexity index is 470. The predicted molar refractivity (Wildman–Crippen MR) is 68.3 cm³/mol. The minimum absolute atomic E-state index is 0.0403. The molecular formula is C11H20FN3O2S. The summed E-state index contributed by atoms with van der Waals surface area (Å²) in [5, 5.41) is 4.01. The molecule has 0 aliphatic heterocycles. The number of rotatable bonds is 7. The second-order valence-electron chi connectivity index (χ2n) is 4.52. The first kappa shape index (κ1) is 15.1. The van der Waals surface area contributed by atoms with E-state index < -0.39 is 16.7 Å². The van der Waals surface area contributed by atoms with Crippen LogP contribution in [0.1, 0.15) is 25.8 Å². The van der Waals surface area contributed by atoms with Crippen LogP contribution >= 0.6 is 0 Å². The fourth-order valence-electron chi connectivity index (χ4n) is 1.69. The first-order valence-corrected chi connectivity index (χ1v) is 7.50. The maximum absolute atomic E-state index is 12.1. The van der Waals surface area contributed by atoms with E-state index in [1.807, 2.05) is 13.8 Å². The van der Waals surface area contributed by atoms with Gasteiger partial charge >= 0.3 is 0 Å². The summed E-state index contributed by atoms with van der Waals surface area (Å²) in [5.74, 6) is -0.151. The van der Waals surface area contributed by atoms with Gasteiger partial charge in [0.1, 0.15) is 0 Å². The molecule has 1 aromatic heterocycles. The lowest BCUT2D eigenvalue weighted by atomic mass is 10.3. The average molecular weight is 277 g/mol. The van der Waals surface area contributed by atoms with Gasteiger partial charge in [-0.2, -0.15) is 9.40 Å². The molecule has 0 amide bonds. The zero-order chi connectivity index (χ0) is 13.8. The highest BCUT2D eigenvalue weighted by Crippen LogP contribution is 2.14. The van der Waals surface area contributed by atoms with Crippen LogP contribution in [-0.4, -0.2) is 41.0 Å². The number of alkyl halides is 1. The minimum Gasteiger partial charge on any atom is -0.275 e. The van der Waals surface area contributed by atoms with Crippen LogP contribution in [0.25, 0.3) is 0 Å². The summed E-state index contributed by atoms with van der Waals surface area (Å²) in [6.45, 7) is 3.28. The molecule has 0 aromatic carbocycles. The Morgan fingerprint density at radius 3 is 2.61 bits per heavy atom. The van der Waals surface area contributed by atoms with Gasteiger partial charge in [0.15, 0.2) is 0 Å². The molecule has 0 spiro atoms. The Labute approximate surface area is 108 Å². The Hall–Kier alpha value is -0.950. The van der Waals surface area contributed by atoms with Gasteiger partial charge in [-0.1, -0.05) is 0 Å². The predicted octanol–water partition coefficient (Wildman–Crippen LogP) is 1.32. The molecule has 18 heavy (non-hydrogen) atoms. The van der Waals surface area contributed by atoms with Gasteiger partial charge in [-0.05, 0) is 20.3 Å². The number of hydrogen-bond acceptors (Lipinski definition) is 3. The number of halogens is 1. The summed E-state index contributed by atoms with van der Waals surface area (Å²) < 4.78 is 39.3. The monoisotopic (exact) mass is 277 g/mol. The van der Waals surface area contributed by atoms with Gasteiger partial charge in [-0.15, -0.1) is 0 Å². The fraction of sp³-hybridized carbons (Fsp3) is 0.727. The highest BCUT2D eigenvalue weighted by Gasteiger charge is 2.25. The van der Waals surface area contributed by atoms with Gasteiger partial charge in [0.05, 0.1) is 18.6 Å². The molecule has 0 atom stereocenters. The van der Waals surface area contributed by atoms with Crippen LogP contribution in [0, 0.1) is 0 Å². The van der Waals surface area contributed by atoms with Crippen molar-refractivity contribution in [2.75, 3.05) is 12.4 Å². The van der Waals surface area contributed by atoms with Crippen LogP contribution in [0.4, 0.5) is 4.39 Å². The number of hydrogen-bond donors (Lipinski definition) is 0. The maximum Gasteiger partial charge on any atom is 0.214 e. The van der Waals surface area contributed by atoms with Gasteiger partial charge in [0.25, 0.3) is 0 Å². The molecule has 1 rings (SSSR count). The van der Waals surface area contributed by atoms with Gasteiger partial charge in [0, 0.05) is 31.4 Å². The third-order valence-corrected chi connectivity index (χ3v) is 4.64. The van der Waals surface area contributed by atoms with E-state index in [2.05, 4.69) is 5.10 Å². The molecule has 0 saturated heterocycles. The molecule has 1 heterocycles. The third kappa shape index (κ3) is 4.06. The van der Waals surface area contributed by atoms with Gasteiger partial charge < -0.3 is 0 Å². The lowest BCUT2D eigenvalue weighted by Gasteiger charge is -2.25. The fourth-order valence-corrected chi connectivity index (χ4v) is 3.39. The van der Waals surface area contributed by atoms with Crippen molar-refractivity contribution >= 4 is 10.0 Å². The number of nitrogens with zero attached hydrogens (tertiary/aromatic N) is 3. The molecule has 5 nitrogen and oxygen atoms in total. The van der Waals surface area contributed by atoms with Crippen LogP contribution in [0.3, 0.4) is 0 Å². The van der Waals surface area contributed by atoms with Crippen molar-refractivity contribution in [3.8, 4) is 0 Å². The lowest BCUT2D eigenvalue weighted by Crippen LogP contribution is -2.38. The summed E-state index contributed by atoms with van der Waals surface area (Å²) in [6.07, 6.45) is 3.46. The van der Waals surface area contributed by atoms with Crippen molar-refractivity contribution in [2.24, 2.45) is 7.05 Å². The van der Waals surface area contributed by atoms with E-state index in [-0.39, 0.29) is 24.8 Å². The van der Waals surface area contributed by atoms with Crippen molar-refractivity contribution in [2.45, 2.75) is 32.9 Å². The van der Waals surface area contributed by atoms with Crippen molar-refractivity contribution < 1.29 is 12.8 Å². The van der Waals surface area contributed by atoms with E-state index in [4.69, 9.17) is 0 Å². The summed E-state index contributed by atoms with van der Waals surface area (Å²) in [6, 6.07) is -0.158. The summed E-state index contributed by atoms with van der Waals surface area (Å²) in [4.78, 5) is 0. The molecule has 104 valence electrons. The first-order valence-electron chi connectivity index (χ1n) is 5.90. The smallest absolute Gasteiger partial charge is 0.214 e. The van der Waals surface area contributed by atoms with E-state index >= 15 is 0 Å². The standard InChI is InChI=1S/C11H20FN3O2S/c1-10(2)15(18(16,17)6-4-5-12)9-11-7-13-14(3)8-11/h7-8,10H,4-6,9H2,1-3H3. The SMILES string of the molecule is CC(C)N(Cc1cnn(C)c1)S(=O)(=O)CCCF. The number of aryl methyl sites for hydroxylation is 1.